The number of rotatable bonds is 6. The Morgan fingerprint density at radius 3 is 2.52 bits per heavy atom. The maximum Gasteiger partial charge on any atom is 0.492 e. The molecule has 2 heterocycles. The zero-order valence-corrected chi connectivity index (χ0v) is 18.2. The summed E-state index contributed by atoms with van der Waals surface area (Å²) in [7, 11) is -0.662. The largest absolute Gasteiger partial charge is 0.492 e. The van der Waals surface area contributed by atoms with Crippen LogP contribution in [0.15, 0.2) is 54.3 Å². The number of carbonyl (C=O) groups excluding carboxylic acids is 1. The predicted octanol–water partition coefficient (Wildman–Crippen LogP) is 3.89. The van der Waals surface area contributed by atoms with Crippen molar-refractivity contribution in [1.82, 2.24) is 10.3 Å². The van der Waals surface area contributed by atoms with Gasteiger partial charge in [0.2, 0.25) is 0 Å². The fourth-order valence-electron chi connectivity index (χ4n) is 2.96. The molecule has 2 aromatic rings. The summed E-state index contributed by atoms with van der Waals surface area (Å²) in [5.41, 5.74) is 1.68. The van der Waals surface area contributed by atoms with Gasteiger partial charge in [-0.25, -0.2) is 4.79 Å². The van der Waals surface area contributed by atoms with Crippen LogP contribution in [-0.2, 0) is 20.7 Å². The highest BCUT2D eigenvalue weighted by molar-refractivity contribution is 6.56. The Hall–Kier alpha value is -3.15. The van der Waals surface area contributed by atoms with Crippen LogP contribution in [0.1, 0.15) is 44.4 Å². The molecule has 1 amide bonds. The van der Waals surface area contributed by atoms with E-state index in [4.69, 9.17) is 19.3 Å². The molecule has 1 aliphatic heterocycles. The van der Waals surface area contributed by atoms with Crippen LogP contribution in [0.25, 0.3) is 6.08 Å². The molecular formula is C23H26BN3O4. The van der Waals surface area contributed by atoms with Crippen molar-refractivity contribution in [3.8, 4) is 6.07 Å². The fraction of sp³-hybridized carbons (Fsp3) is 0.348. The van der Waals surface area contributed by atoms with E-state index in [1.807, 2.05) is 64.1 Å². The van der Waals surface area contributed by atoms with Gasteiger partial charge in [-0.15, -0.1) is 0 Å². The molecule has 31 heavy (non-hydrogen) atoms. The van der Waals surface area contributed by atoms with Gasteiger partial charge in [-0.05, 0) is 50.4 Å². The highest BCUT2D eigenvalue weighted by Gasteiger charge is 2.52. The molecule has 1 aromatic carbocycles. The summed E-state index contributed by atoms with van der Waals surface area (Å²) in [4.78, 5) is 16.3. The molecule has 7 nitrogen and oxygen atoms in total. The zero-order chi connectivity index (χ0) is 22.5. The molecule has 0 spiro atoms. The Morgan fingerprint density at radius 2 is 1.87 bits per heavy atom. The molecule has 0 radical (unpaired) electrons. The topological polar surface area (TPSA) is 93.5 Å². The number of pyridine rings is 1. The second kappa shape index (κ2) is 9.33. The molecule has 0 aliphatic carbocycles. The highest BCUT2D eigenvalue weighted by atomic mass is 16.7. The molecule has 160 valence electrons. The molecule has 0 unspecified atom stereocenters. The summed E-state index contributed by atoms with van der Waals surface area (Å²) in [5.74, 6) is 0. The lowest BCUT2D eigenvalue weighted by Gasteiger charge is -2.32. The quantitative estimate of drug-likeness (QED) is 0.714. The van der Waals surface area contributed by atoms with E-state index in [0.29, 0.717) is 16.6 Å². The number of nitriles is 1. The van der Waals surface area contributed by atoms with Crippen molar-refractivity contribution in [3.63, 3.8) is 0 Å². The van der Waals surface area contributed by atoms with Crippen molar-refractivity contribution in [2.75, 3.05) is 6.54 Å². The third kappa shape index (κ3) is 5.72. The molecule has 0 bridgehead atoms. The van der Waals surface area contributed by atoms with E-state index in [0.717, 1.165) is 5.56 Å². The van der Waals surface area contributed by atoms with Gasteiger partial charge in [-0.2, -0.15) is 5.26 Å². The smallest absolute Gasteiger partial charge is 0.445 e. The van der Waals surface area contributed by atoms with Crippen LogP contribution in [0.4, 0.5) is 4.79 Å². The number of nitrogens with zero attached hydrogens (tertiary/aromatic N) is 2. The van der Waals surface area contributed by atoms with E-state index in [2.05, 4.69) is 16.4 Å². The Bertz CT molecular complexity index is 983. The molecule has 0 atom stereocenters. The Labute approximate surface area is 183 Å². The second-order valence-electron chi connectivity index (χ2n) is 8.34. The minimum Gasteiger partial charge on any atom is -0.445 e. The van der Waals surface area contributed by atoms with E-state index >= 15 is 0 Å². The third-order valence-electron chi connectivity index (χ3n) is 5.45. The average Bonchev–Trinajstić information content (AvgIpc) is 2.97. The lowest BCUT2D eigenvalue weighted by molar-refractivity contribution is 0.00578. The van der Waals surface area contributed by atoms with E-state index in [1.165, 1.54) is 6.20 Å². The van der Waals surface area contributed by atoms with Crippen LogP contribution in [0.5, 0.6) is 0 Å². The number of carbonyl (C=O) groups is 1. The Balaban J connectivity index is 1.74. The first kappa shape index (κ1) is 22.5. The fourth-order valence-corrected chi connectivity index (χ4v) is 2.96. The van der Waals surface area contributed by atoms with Crippen LogP contribution < -0.4 is 5.32 Å². The Morgan fingerprint density at radius 1 is 1.19 bits per heavy atom. The molecule has 1 N–H and O–H groups in total. The van der Waals surface area contributed by atoms with Gasteiger partial charge in [0.15, 0.2) is 0 Å². The minimum absolute atomic E-state index is 0.154. The van der Waals surface area contributed by atoms with Gasteiger partial charge < -0.3 is 19.4 Å². The van der Waals surface area contributed by atoms with Crippen molar-refractivity contribution in [1.29, 1.82) is 5.26 Å². The van der Waals surface area contributed by atoms with Crippen molar-refractivity contribution < 1.29 is 18.8 Å². The monoisotopic (exact) mass is 419 g/mol. The van der Waals surface area contributed by atoms with Crippen LogP contribution in [0, 0.1) is 11.3 Å². The predicted molar refractivity (Wildman–Crippen MR) is 118 cm³/mol. The van der Waals surface area contributed by atoms with Gasteiger partial charge in [0.05, 0.1) is 16.8 Å². The molecule has 1 saturated heterocycles. The van der Waals surface area contributed by atoms with Crippen molar-refractivity contribution in [2.24, 2.45) is 0 Å². The van der Waals surface area contributed by atoms with Crippen LogP contribution in [0.2, 0.25) is 0 Å². The minimum atomic E-state index is -0.662. The summed E-state index contributed by atoms with van der Waals surface area (Å²) in [6, 6.07) is 13.2. The van der Waals surface area contributed by atoms with Crippen LogP contribution in [0.3, 0.4) is 0 Å². The highest BCUT2D eigenvalue weighted by Crippen LogP contribution is 2.38. The molecule has 1 aromatic heterocycles. The second-order valence-corrected chi connectivity index (χ2v) is 8.34. The molecule has 3 rings (SSSR count). The van der Waals surface area contributed by atoms with Gasteiger partial charge in [0, 0.05) is 18.9 Å². The zero-order valence-electron chi connectivity index (χ0n) is 18.2. The SMILES string of the molecule is CC1(C)OB(C(=Cc2cncc(C#N)c2)CNC(=O)OCc2ccccc2)OC1(C)C. The van der Waals surface area contributed by atoms with Crippen LogP contribution >= 0.6 is 0 Å². The van der Waals surface area contributed by atoms with E-state index < -0.39 is 24.4 Å². The van der Waals surface area contributed by atoms with E-state index in [-0.39, 0.29) is 13.2 Å². The van der Waals surface area contributed by atoms with Gasteiger partial charge in [0.25, 0.3) is 0 Å². The van der Waals surface area contributed by atoms with Crippen molar-refractivity contribution in [3.05, 3.63) is 71.0 Å². The average molecular weight is 419 g/mol. The van der Waals surface area contributed by atoms with Crippen LogP contribution in [-0.4, -0.2) is 35.9 Å². The van der Waals surface area contributed by atoms with Crippen molar-refractivity contribution >= 4 is 19.3 Å². The number of hydrogen-bond acceptors (Lipinski definition) is 6. The first-order valence-corrected chi connectivity index (χ1v) is 10.1. The maximum absolute atomic E-state index is 12.2. The summed E-state index contributed by atoms with van der Waals surface area (Å²) >= 11 is 0. The van der Waals surface area contributed by atoms with E-state index in [1.54, 1.807) is 12.3 Å². The normalized spacial score (nSPS) is 17.1. The standard InChI is InChI=1S/C23H26BN3O4/c1-22(2)23(3,4)31-24(30-22)20(11-18-10-19(12-25)14-26-13-18)15-27-21(28)29-16-17-8-6-5-7-9-17/h5-11,13-14H,15-16H2,1-4H3,(H,27,28). The molecule has 1 fully saturated rings. The van der Waals surface area contributed by atoms with Gasteiger partial charge in [0.1, 0.15) is 12.7 Å². The molecule has 8 heteroatoms. The lowest BCUT2D eigenvalue weighted by Crippen LogP contribution is -2.41. The van der Waals surface area contributed by atoms with Crippen molar-refractivity contribution in [2.45, 2.75) is 45.5 Å². The number of alkyl carbamates (subject to hydrolysis) is 1. The third-order valence-corrected chi connectivity index (χ3v) is 5.45. The van der Waals surface area contributed by atoms with E-state index in [9.17, 15) is 4.79 Å². The number of benzene rings is 1. The van der Waals surface area contributed by atoms with Gasteiger partial charge >= 0.3 is 13.2 Å². The Kier molecular flexibility index (Phi) is 6.79. The summed E-state index contributed by atoms with van der Waals surface area (Å²) in [5, 5.41) is 11.9. The first-order chi connectivity index (χ1) is 14.7. The molecule has 0 saturated carbocycles. The van der Waals surface area contributed by atoms with Gasteiger partial charge in [-0.3, -0.25) is 4.98 Å². The number of ether oxygens (including phenoxy) is 1. The summed E-state index contributed by atoms with van der Waals surface area (Å²) < 4.78 is 17.6. The lowest BCUT2D eigenvalue weighted by atomic mass is 9.77. The van der Waals surface area contributed by atoms with Gasteiger partial charge in [-0.1, -0.05) is 36.4 Å². The number of amides is 1. The number of aromatic nitrogens is 1. The molecule has 1 aliphatic rings. The first-order valence-electron chi connectivity index (χ1n) is 10.1. The number of hydrogen-bond donors (Lipinski definition) is 1. The molecular weight excluding hydrogens is 393 g/mol. The summed E-state index contributed by atoms with van der Waals surface area (Å²) in [6.07, 6.45) is 4.40. The maximum atomic E-state index is 12.2. The summed E-state index contributed by atoms with van der Waals surface area (Å²) in [6.45, 7) is 8.18. The number of nitrogens with one attached hydrogen (secondary N) is 1.